The first-order valence-corrected chi connectivity index (χ1v) is 6.75. The number of nitrogens with one attached hydrogen (secondary N) is 1. The molecule has 5 heteroatoms. The predicted molar refractivity (Wildman–Crippen MR) is 78.7 cm³/mol. The zero-order valence-corrected chi connectivity index (χ0v) is 12.2. The molecule has 0 heterocycles. The first-order chi connectivity index (χ1) is 9.49. The zero-order chi connectivity index (χ0) is 14.7. The zero-order valence-electron chi connectivity index (χ0n) is 10.7. The van der Waals surface area contributed by atoms with Crippen LogP contribution in [0.4, 0.5) is 4.39 Å². The van der Waals surface area contributed by atoms with Gasteiger partial charge in [-0.05, 0) is 36.8 Å². The molecule has 1 atom stereocenters. The molecule has 2 nitrogen and oxygen atoms in total. The van der Waals surface area contributed by atoms with Crippen molar-refractivity contribution < 1.29 is 9.18 Å². The van der Waals surface area contributed by atoms with Gasteiger partial charge >= 0.3 is 0 Å². The Morgan fingerprint density at radius 2 is 1.90 bits per heavy atom. The molecule has 1 N–H and O–H groups in total. The lowest BCUT2D eigenvalue weighted by Crippen LogP contribution is -2.27. The summed E-state index contributed by atoms with van der Waals surface area (Å²) in [7, 11) is 0. The van der Waals surface area contributed by atoms with E-state index in [1.807, 2.05) is 6.07 Å². The van der Waals surface area contributed by atoms with Gasteiger partial charge < -0.3 is 5.32 Å². The highest BCUT2D eigenvalue weighted by Crippen LogP contribution is 2.21. The van der Waals surface area contributed by atoms with Gasteiger partial charge in [0.15, 0.2) is 0 Å². The third kappa shape index (κ3) is 3.30. The van der Waals surface area contributed by atoms with Gasteiger partial charge in [0.2, 0.25) is 0 Å². The average molecular weight is 312 g/mol. The summed E-state index contributed by atoms with van der Waals surface area (Å²) in [5.41, 5.74) is 0.682. The molecule has 0 aliphatic carbocycles. The number of hydrogen-bond acceptors (Lipinski definition) is 1. The van der Waals surface area contributed by atoms with Gasteiger partial charge in [0.25, 0.3) is 5.91 Å². The van der Waals surface area contributed by atoms with Crippen molar-refractivity contribution in [2.24, 2.45) is 0 Å². The number of hydrogen-bond donors (Lipinski definition) is 1. The third-order valence-electron chi connectivity index (χ3n) is 2.89. The minimum absolute atomic E-state index is 0.0841. The van der Waals surface area contributed by atoms with E-state index in [4.69, 9.17) is 23.2 Å². The Bertz CT molecular complexity index is 625. The standard InChI is InChI=1S/C15H12Cl2FNO/c1-9(10-4-2-5-11(16)8-10)19-15(20)14-12(17)6-3-7-13(14)18/h2-9H,1H3,(H,19,20). The highest BCUT2D eigenvalue weighted by molar-refractivity contribution is 6.33. The number of rotatable bonds is 3. The summed E-state index contributed by atoms with van der Waals surface area (Å²) in [5, 5.41) is 3.36. The van der Waals surface area contributed by atoms with Gasteiger partial charge in [-0.15, -0.1) is 0 Å². The maximum atomic E-state index is 13.7. The van der Waals surface area contributed by atoms with Crippen molar-refractivity contribution in [1.29, 1.82) is 0 Å². The third-order valence-corrected chi connectivity index (χ3v) is 3.44. The lowest BCUT2D eigenvalue weighted by atomic mass is 10.1. The van der Waals surface area contributed by atoms with Crippen molar-refractivity contribution >= 4 is 29.1 Å². The molecule has 2 rings (SSSR count). The van der Waals surface area contributed by atoms with Crippen LogP contribution in [0.2, 0.25) is 10.0 Å². The average Bonchev–Trinajstić information content (AvgIpc) is 2.38. The van der Waals surface area contributed by atoms with E-state index in [-0.39, 0.29) is 16.6 Å². The Hall–Kier alpha value is -1.58. The van der Waals surface area contributed by atoms with E-state index >= 15 is 0 Å². The minimum atomic E-state index is -0.645. The van der Waals surface area contributed by atoms with Crippen molar-refractivity contribution in [2.45, 2.75) is 13.0 Å². The van der Waals surface area contributed by atoms with Gasteiger partial charge in [-0.2, -0.15) is 0 Å². The van der Waals surface area contributed by atoms with Crippen molar-refractivity contribution in [3.63, 3.8) is 0 Å². The van der Waals surface area contributed by atoms with Gasteiger partial charge in [-0.3, -0.25) is 4.79 Å². The van der Waals surface area contributed by atoms with Crippen LogP contribution in [0.3, 0.4) is 0 Å². The molecular weight excluding hydrogens is 300 g/mol. The van der Waals surface area contributed by atoms with Crippen LogP contribution in [0.1, 0.15) is 28.9 Å². The number of amides is 1. The lowest BCUT2D eigenvalue weighted by molar-refractivity contribution is 0.0936. The van der Waals surface area contributed by atoms with Crippen LogP contribution in [-0.2, 0) is 0 Å². The predicted octanol–water partition coefficient (Wildman–Crippen LogP) is 4.62. The Labute approximate surface area is 126 Å². The normalized spacial score (nSPS) is 12.0. The molecule has 0 spiro atoms. The minimum Gasteiger partial charge on any atom is -0.345 e. The summed E-state index contributed by atoms with van der Waals surface area (Å²) in [6.45, 7) is 1.79. The SMILES string of the molecule is CC(NC(=O)c1c(F)cccc1Cl)c1cccc(Cl)c1. The van der Waals surface area contributed by atoms with Gasteiger partial charge in [0, 0.05) is 5.02 Å². The maximum absolute atomic E-state index is 13.7. The summed E-state index contributed by atoms with van der Waals surface area (Å²) < 4.78 is 13.7. The highest BCUT2D eigenvalue weighted by atomic mass is 35.5. The van der Waals surface area contributed by atoms with E-state index in [9.17, 15) is 9.18 Å². The number of halogens is 3. The number of carbonyl (C=O) groups excluding carboxylic acids is 1. The van der Waals surface area contributed by atoms with Crippen molar-refractivity contribution in [2.75, 3.05) is 0 Å². The van der Waals surface area contributed by atoms with Crippen LogP contribution in [0.5, 0.6) is 0 Å². The van der Waals surface area contributed by atoms with E-state index < -0.39 is 11.7 Å². The van der Waals surface area contributed by atoms with Gasteiger partial charge in [0.05, 0.1) is 16.6 Å². The topological polar surface area (TPSA) is 29.1 Å². The van der Waals surface area contributed by atoms with Gasteiger partial charge in [-0.25, -0.2) is 4.39 Å². The van der Waals surface area contributed by atoms with Crippen LogP contribution in [0.15, 0.2) is 42.5 Å². The van der Waals surface area contributed by atoms with Crippen LogP contribution >= 0.6 is 23.2 Å². The van der Waals surface area contributed by atoms with Gasteiger partial charge in [-0.1, -0.05) is 41.4 Å². The summed E-state index contributed by atoms with van der Waals surface area (Å²) in [6, 6.07) is 10.9. The molecule has 0 aliphatic heterocycles. The van der Waals surface area contributed by atoms with E-state index in [1.165, 1.54) is 18.2 Å². The quantitative estimate of drug-likeness (QED) is 0.880. The first kappa shape index (κ1) is 14.8. The fourth-order valence-electron chi connectivity index (χ4n) is 1.84. The Morgan fingerprint density at radius 3 is 2.55 bits per heavy atom. The molecule has 1 unspecified atom stereocenters. The van der Waals surface area contributed by atoms with E-state index in [1.54, 1.807) is 25.1 Å². The second-order valence-corrected chi connectivity index (χ2v) is 5.19. The van der Waals surface area contributed by atoms with E-state index in [0.29, 0.717) is 5.02 Å². The maximum Gasteiger partial charge on any atom is 0.256 e. The fraction of sp³-hybridized carbons (Fsp3) is 0.133. The molecule has 0 fully saturated rings. The van der Waals surface area contributed by atoms with Crippen LogP contribution < -0.4 is 5.32 Å². The fourth-order valence-corrected chi connectivity index (χ4v) is 2.29. The number of carbonyl (C=O) groups is 1. The largest absolute Gasteiger partial charge is 0.345 e. The van der Waals surface area contributed by atoms with E-state index in [2.05, 4.69) is 5.32 Å². The lowest BCUT2D eigenvalue weighted by Gasteiger charge is -2.15. The first-order valence-electron chi connectivity index (χ1n) is 5.99. The smallest absolute Gasteiger partial charge is 0.256 e. The molecule has 2 aromatic carbocycles. The summed E-state index contributed by atoms with van der Waals surface area (Å²) >= 11 is 11.8. The summed E-state index contributed by atoms with van der Waals surface area (Å²) in [5.74, 6) is -1.20. The van der Waals surface area contributed by atoms with Gasteiger partial charge in [0.1, 0.15) is 5.82 Å². The number of benzene rings is 2. The molecule has 0 radical (unpaired) electrons. The van der Waals surface area contributed by atoms with Crippen molar-refractivity contribution in [3.05, 3.63) is 69.5 Å². The molecule has 2 aromatic rings. The second-order valence-electron chi connectivity index (χ2n) is 4.35. The molecule has 0 aromatic heterocycles. The van der Waals surface area contributed by atoms with Crippen LogP contribution in [-0.4, -0.2) is 5.91 Å². The monoisotopic (exact) mass is 311 g/mol. The summed E-state index contributed by atoms with van der Waals surface area (Å²) in [4.78, 5) is 12.1. The highest BCUT2D eigenvalue weighted by Gasteiger charge is 2.18. The molecule has 0 bridgehead atoms. The van der Waals surface area contributed by atoms with Crippen LogP contribution in [0.25, 0.3) is 0 Å². The molecular formula is C15H12Cl2FNO. The Morgan fingerprint density at radius 1 is 1.20 bits per heavy atom. The molecule has 0 saturated heterocycles. The molecule has 104 valence electrons. The summed E-state index contributed by atoms with van der Waals surface area (Å²) in [6.07, 6.45) is 0. The molecule has 0 saturated carbocycles. The van der Waals surface area contributed by atoms with Crippen molar-refractivity contribution in [1.82, 2.24) is 5.32 Å². The molecule has 1 amide bonds. The Kier molecular flexibility index (Phi) is 4.63. The van der Waals surface area contributed by atoms with Crippen LogP contribution in [0, 0.1) is 5.82 Å². The second kappa shape index (κ2) is 6.25. The van der Waals surface area contributed by atoms with Crippen molar-refractivity contribution in [3.8, 4) is 0 Å². The Balaban J connectivity index is 2.20. The molecule has 0 aliphatic rings. The molecule has 20 heavy (non-hydrogen) atoms. The van der Waals surface area contributed by atoms with E-state index in [0.717, 1.165) is 5.56 Å².